The summed E-state index contributed by atoms with van der Waals surface area (Å²) in [5, 5.41) is 18.9. The number of aliphatic hydroxyl groups excluding tert-OH is 2. The van der Waals surface area contributed by atoms with Crippen molar-refractivity contribution in [1.82, 2.24) is 0 Å². The molecule has 0 saturated heterocycles. The van der Waals surface area contributed by atoms with Crippen molar-refractivity contribution in [3.05, 3.63) is 28.5 Å². The molecule has 0 radical (unpaired) electrons. The zero-order valence-corrected chi connectivity index (χ0v) is 8.58. The summed E-state index contributed by atoms with van der Waals surface area (Å²) >= 11 is 5.74. The van der Waals surface area contributed by atoms with E-state index in [4.69, 9.17) is 23.1 Å². The molecule has 0 bridgehead atoms. The molecule has 2 atom stereocenters. The van der Waals surface area contributed by atoms with Crippen molar-refractivity contribution in [2.24, 2.45) is 5.73 Å². The molecule has 0 aliphatic carbocycles. The van der Waals surface area contributed by atoms with E-state index in [1.807, 2.05) is 0 Å². The second-order valence-electron chi connectivity index (χ2n) is 3.14. The number of rotatable bonds is 3. The van der Waals surface area contributed by atoms with E-state index in [-0.39, 0.29) is 22.8 Å². The molecule has 2 unspecified atom stereocenters. The Labute approximate surface area is 91.3 Å². The highest BCUT2D eigenvalue weighted by Crippen LogP contribution is 2.28. The predicted molar refractivity (Wildman–Crippen MR) is 55.8 cm³/mol. The van der Waals surface area contributed by atoms with Gasteiger partial charge in [0.2, 0.25) is 0 Å². The molecule has 84 valence electrons. The minimum atomic E-state index is -1.32. The number of hydrogen-bond donors (Lipinski definition) is 4. The quantitative estimate of drug-likeness (QED) is 0.570. The SMILES string of the molecule is NCC(O)C(O)c1cc(F)c(N)cc1Cl. The highest BCUT2D eigenvalue weighted by Gasteiger charge is 2.20. The van der Waals surface area contributed by atoms with Crippen molar-refractivity contribution < 1.29 is 14.6 Å². The molecular weight excluding hydrogens is 223 g/mol. The highest BCUT2D eigenvalue weighted by atomic mass is 35.5. The van der Waals surface area contributed by atoms with Crippen LogP contribution in [0.15, 0.2) is 12.1 Å². The zero-order chi connectivity index (χ0) is 11.6. The molecule has 0 aromatic heterocycles. The van der Waals surface area contributed by atoms with E-state index in [2.05, 4.69) is 0 Å². The van der Waals surface area contributed by atoms with Gasteiger partial charge >= 0.3 is 0 Å². The van der Waals surface area contributed by atoms with E-state index in [0.717, 1.165) is 6.07 Å². The van der Waals surface area contributed by atoms with Crippen molar-refractivity contribution >= 4 is 17.3 Å². The van der Waals surface area contributed by atoms with Crippen LogP contribution in [0.3, 0.4) is 0 Å². The molecule has 0 fully saturated rings. The molecule has 0 heterocycles. The Morgan fingerprint density at radius 1 is 1.40 bits per heavy atom. The van der Waals surface area contributed by atoms with Crippen molar-refractivity contribution in [3.63, 3.8) is 0 Å². The lowest BCUT2D eigenvalue weighted by Crippen LogP contribution is -2.27. The van der Waals surface area contributed by atoms with Gasteiger partial charge in [-0.25, -0.2) is 4.39 Å². The molecular formula is C9H12ClFN2O2. The summed E-state index contributed by atoms with van der Waals surface area (Å²) in [5.41, 5.74) is 10.4. The monoisotopic (exact) mass is 234 g/mol. The summed E-state index contributed by atoms with van der Waals surface area (Å²) in [5.74, 6) is -0.697. The molecule has 1 aromatic carbocycles. The number of halogens is 2. The first-order chi connectivity index (χ1) is 6.97. The summed E-state index contributed by atoms with van der Waals surface area (Å²) in [7, 11) is 0. The number of anilines is 1. The first-order valence-electron chi connectivity index (χ1n) is 4.28. The van der Waals surface area contributed by atoms with Crippen LogP contribution in [0.1, 0.15) is 11.7 Å². The smallest absolute Gasteiger partial charge is 0.146 e. The fraction of sp³-hybridized carbons (Fsp3) is 0.333. The molecule has 0 spiro atoms. The van der Waals surface area contributed by atoms with Gasteiger partial charge in [0.15, 0.2) is 0 Å². The van der Waals surface area contributed by atoms with E-state index in [1.54, 1.807) is 0 Å². The molecule has 0 saturated carbocycles. The number of nitrogens with two attached hydrogens (primary N) is 2. The molecule has 1 aromatic rings. The maximum absolute atomic E-state index is 13.1. The lowest BCUT2D eigenvalue weighted by atomic mass is 10.0. The van der Waals surface area contributed by atoms with Crippen molar-refractivity contribution in [3.8, 4) is 0 Å². The fourth-order valence-electron chi connectivity index (χ4n) is 1.14. The number of benzene rings is 1. The average molecular weight is 235 g/mol. The van der Waals surface area contributed by atoms with Crippen molar-refractivity contribution in [1.29, 1.82) is 0 Å². The molecule has 15 heavy (non-hydrogen) atoms. The highest BCUT2D eigenvalue weighted by molar-refractivity contribution is 6.31. The molecule has 6 N–H and O–H groups in total. The minimum absolute atomic E-state index is 0.0707. The molecule has 0 aliphatic heterocycles. The maximum Gasteiger partial charge on any atom is 0.146 e. The Morgan fingerprint density at radius 3 is 2.53 bits per heavy atom. The van der Waals surface area contributed by atoms with Gasteiger partial charge in [-0.1, -0.05) is 11.6 Å². The van der Waals surface area contributed by atoms with Crippen LogP contribution in [0, 0.1) is 5.82 Å². The van der Waals surface area contributed by atoms with Crippen LogP contribution in [0.25, 0.3) is 0 Å². The van der Waals surface area contributed by atoms with Gasteiger partial charge in [-0.2, -0.15) is 0 Å². The number of aliphatic hydroxyl groups is 2. The molecule has 0 aliphatic rings. The lowest BCUT2D eigenvalue weighted by molar-refractivity contribution is 0.0242. The molecule has 4 nitrogen and oxygen atoms in total. The Kier molecular flexibility index (Phi) is 3.87. The van der Waals surface area contributed by atoms with Crippen LogP contribution in [0.4, 0.5) is 10.1 Å². The van der Waals surface area contributed by atoms with Gasteiger partial charge in [-0.15, -0.1) is 0 Å². The third-order valence-electron chi connectivity index (χ3n) is 2.04. The Balaban J connectivity index is 3.09. The molecule has 6 heteroatoms. The maximum atomic E-state index is 13.1. The predicted octanol–water partition coefficient (Wildman–Crippen LogP) is 0.414. The Hall–Kier alpha value is -0.880. The second-order valence-corrected chi connectivity index (χ2v) is 3.55. The van der Waals surface area contributed by atoms with E-state index in [9.17, 15) is 14.6 Å². The van der Waals surface area contributed by atoms with Crippen molar-refractivity contribution in [2.45, 2.75) is 12.2 Å². The fourth-order valence-corrected chi connectivity index (χ4v) is 1.42. The van der Waals surface area contributed by atoms with Crippen molar-refractivity contribution in [2.75, 3.05) is 12.3 Å². The Morgan fingerprint density at radius 2 is 2.00 bits per heavy atom. The number of nitrogen functional groups attached to an aromatic ring is 1. The van der Waals surface area contributed by atoms with Crippen LogP contribution in [0.5, 0.6) is 0 Å². The van der Waals surface area contributed by atoms with Gasteiger partial charge in [0.1, 0.15) is 11.9 Å². The second kappa shape index (κ2) is 4.76. The first-order valence-corrected chi connectivity index (χ1v) is 4.65. The lowest BCUT2D eigenvalue weighted by Gasteiger charge is -2.18. The first kappa shape index (κ1) is 12.2. The van der Waals surface area contributed by atoms with Crippen LogP contribution >= 0.6 is 11.6 Å². The van der Waals surface area contributed by atoms with E-state index in [1.165, 1.54) is 6.07 Å². The summed E-state index contributed by atoms with van der Waals surface area (Å²) < 4.78 is 13.1. The Bertz CT molecular complexity index is 362. The topological polar surface area (TPSA) is 92.5 Å². The van der Waals surface area contributed by atoms with Gasteiger partial charge < -0.3 is 21.7 Å². The largest absolute Gasteiger partial charge is 0.396 e. The summed E-state index contributed by atoms with van der Waals surface area (Å²) in [4.78, 5) is 0. The molecule has 1 rings (SSSR count). The van der Waals surface area contributed by atoms with Crippen LogP contribution in [-0.4, -0.2) is 22.9 Å². The third-order valence-corrected chi connectivity index (χ3v) is 2.37. The minimum Gasteiger partial charge on any atom is -0.396 e. The zero-order valence-electron chi connectivity index (χ0n) is 7.82. The van der Waals surface area contributed by atoms with Gasteiger partial charge in [0, 0.05) is 17.1 Å². The van der Waals surface area contributed by atoms with Gasteiger partial charge in [-0.05, 0) is 12.1 Å². The summed E-state index contributed by atoms with van der Waals surface area (Å²) in [6, 6.07) is 2.17. The normalized spacial score (nSPS) is 15.0. The van der Waals surface area contributed by atoms with Crippen LogP contribution in [-0.2, 0) is 0 Å². The van der Waals surface area contributed by atoms with Gasteiger partial charge in [0.05, 0.1) is 11.8 Å². The summed E-state index contributed by atoms with van der Waals surface area (Å²) in [6.07, 6.45) is -2.51. The van der Waals surface area contributed by atoms with Crippen LogP contribution in [0.2, 0.25) is 5.02 Å². The molecule has 0 amide bonds. The summed E-state index contributed by atoms with van der Waals surface area (Å²) in [6.45, 7) is -0.149. The average Bonchev–Trinajstić information content (AvgIpc) is 2.21. The van der Waals surface area contributed by atoms with E-state index < -0.39 is 18.0 Å². The third kappa shape index (κ3) is 2.57. The van der Waals surface area contributed by atoms with Gasteiger partial charge in [0.25, 0.3) is 0 Å². The van der Waals surface area contributed by atoms with Gasteiger partial charge in [-0.3, -0.25) is 0 Å². The van der Waals surface area contributed by atoms with Crippen LogP contribution < -0.4 is 11.5 Å². The number of hydrogen-bond acceptors (Lipinski definition) is 4. The standard InChI is InChI=1S/C9H12ClFN2O2/c10-5-2-7(13)6(11)1-4(5)9(15)8(14)3-12/h1-2,8-9,14-15H,3,12-13H2. The van der Waals surface area contributed by atoms with E-state index >= 15 is 0 Å². The van der Waals surface area contributed by atoms with E-state index in [0.29, 0.717) is 0 Å².